The second-order valence-corrected chi connectivity index (χ2v) is 5.92. The molecule has 3 rings (SSSR count). The Morgan fingerprint density at radius 2 is 2.04 bits per heavy atom. The van der Waals surface area contributed by atoms with Gasteiger partial charge in [0, 0.05) is 19.6 Å². The van der Waals surface area contributed by atoms with Gasteiger partial charge in [0.2, 0.25) is 5.91 Å². The highest BCUT2D eigenvalue weighted by Crippen LogP contribution is 2.22. The second-order valence-electron chi connectivity index (χ2n) is 5.92. The molecule has 1 heterocycles. The van der Waals surface area contributed by atoms with Crippen molar-refractivity contribution in [2.45, 2.75) is 25.9 Å². The summed E-state index contributed by atoms with van der Waals surface area (Å²) in [5.41, 5.74) is 1.16. The van der Waals surface area contributed by atoms with Gasteiger partial charge < -0.3 is 10.1 Å². The fourth-order valence-electron chi connectivity index (χ4n) is 3.20. The first-order valence-corrected chi connectivity index (χ1v) is 8.33. The Hall–Kier alpha value is -2.40. The van der Waals surface area contributed by atoms with Crippen LogP contribution in [0.2, 0.25) is 0 Å². The summed E-state index contributed by atoms with van der Waals surface area (Å²) < 4.78 is 5.02. The molecule has 0 saturated carbocycles. The SMILES string of the molecule is CCOC(=O)C[C@@H]1C(=O)NCCN1Cc1cccc2ccccc12. The van der Waals surface area contributed by atoms with Gasteiger partial charge >= 0.3 is 5.97 Å². The molecule has 126 valence electrons. The summed E-state index contributed by atoms with van der Waals surface area (Å²) >= 11 is 0. The molecule has 1 fully saturated rings. The van der Waals surface area contributed by atoms with Crippen molar-refractivity contribution >= 4 is 22.6 Å². The number of nitrogens with one attached hydrogen (secondary N) is 1. The lowest BCUT2D eigenvalue weighted by Crippen LogP contribution is -2.55. The molecule has 24 heavy (non-hydrogen) atoms. The van der Waals surface area contributed by atoms with Crippen molar-refractivity contribution in [3.8, 4) is 0 Å². The van der Waals surface area contributed by atoms with Gasteiger partial charge in [-0.15, -0.1) is 0 Å². The van der Waals surface area contributed by atoms with Crippen LogP contribution in [0.15, 0.2) is 42.5 Å². The lowest BCUT2D eigenvalue weighted by Gasteiger charge is -2.34. The van der Waals surface area contributed by atoms with Gasteiger partial charge in [-0.25, -0.2) is 0 Å². The first kappa shape index (κ1) is 16.5. The highest BCUT2D eigenvalue weighted by Gasteiger charge is 2.32. The number of hydrogen-bond donors (Lipinski definition) is 1. The molecule has 1 N–H and O–H groups in total. The maximum absolute atomic E-state index is 12.2. The van der Waals surface area contributed by atoms with Crippen molar-refractivity contribution in [1.29, 1.82) is 0 Å². The fourth-order valence-corrected chi connectivity index (χ4v) is 3.20. The molecule has 1 atom stereocenters. The van der Waals surface area contributed by atoms with Crippen LogP contribution in [-0.4, -0.2) is 42.5 Å². The average molecular weight is 326 g/mol. The van der Waals surface area contributed by atoms with Crippen LogP contribution in [0.3, 0.4) is 0 Å². The Balaban J connectivity index is 1.82. The maximum atomic E-state index is 12.2. The second kappa shape index (κ2) is 7.45. The van der Waals surface area contributed by atoms with Crippen molar-refractivity contribution in [2.24, 2.45) is 0 Å². The molecule has 0 aromatic heterocycles. The van der Waals surface area contributed by atoms with Crippen LogP contribution in [0.5, 0.6) is 0 Å². The predicted octanol–water partition coefficient (Wildman–Crippen LogP) is 2.09. The third kappa shape index (κ3) is 3.57. The number of amides is 1. The van der Waals surface area contributed by atoms with E-state index in [1.54, 1.807) is 6.92 Å². The van der Waals surface area contributed by atoms with Crippen molar-refractivity contribution in [3.63, 3.8) is 0 Å². The van der Waals surface area contributed by atoms with E-state index in [9.17, 15) is 9.59 Å². The number of esters is 1. The first-order valence-electron chi connectivity index (χ1n) is 8.33. The van der Waals surface area contributed by atoms with Crippen LogP contribution in [0.25, 0.3) is 10.8 Å². The van der Waals surface area contributed by atoms with E-state index in [0.717, 1.165) is 12.1 Å². The van der Waals surface area contributed by atoms with Crippen molar-refractivity contribution in [3.05, 3.63) is 48.0 Å². The lowest BCUT2D eigenvalue weighted by molar-refractivity contribution is -0.148. The number of rotatable bonds is 5. The number of piperazine rings is 1. The molecule has 1 amide bonds. The van der Waals surface area contributed by atoms with Crippen LogP contribution >= 0.6 is 0 Å². The maximum Gasteiger partial charge on any atom is 0.307 e. The minimum Gasteiger partial charge on any atom is -0.466 e. The van der Waals surface area contributed by atoms with Crippen molar-refractivity contribution in [1.82, 2.24) is 10.2 Å². The number of nitrogens with zero attached hydrogens (tertiary/aromatic N) is 1. The summed E-state index contributed by atoms with van der Waals surface area (Å²) in [7, 11) is 0. The molecular weight excluding hydrogens is 304 g/mol. The summed E-state index contributed by atoms with van der Waals surface area (Å²) in [5.74, 6) is -0.433. The van der Waals surface area contributed by atoms with E-state index < -0.39 is 6.04 Å². The normalized spacial score (nSPS) is 18.4. The highest BCUT2D eigenvalue weighted by atomic mass is 16.5. The Bertz CT molecular complexity index is 739. The number of hydrogen-bond acceptors (Lipinski definition) is 4. The van der Waals surface area contributed by atoms with Gasteiger partial charge in [-0.05, 0) is 23.3 Å². The average Bonchev–Trinajstić information content (AvgIpc) is 2.58. The number of ether oxygens (including phenoxy) is 1. The number of fused-ring (bicyclic) bond motifs is 1. The van der Waals surface area contributed by atoms with E-state index in [-0.39, 0.29) is 18.3 Å². The molecule has 0 radical (unpaired) electrons. The van der Waals surface area contributed by atoms with E-state index in [2.05, 4.69) is 34.5 Å². The zero-order chi connectivity index (χ0) is 16.9. The van der Waals surface area contributed by atoms with E-state index in [0.29, 0.717) is 19.7 Å². The Kier molecular flexibility index (Phi) is 5.11. The summed E-state index contributed by atoms with van der Waals surface area (Å²) in [6.45, 7) is 4.06. The Labute approximate surface area is 141 Å². The van der Waals surface area contributed by atoms with E-state index in [1.807, 2.05) is 18.2 Å². The molecule has 5 nitrogen and oxygen atoms in total. The minimum atomic E-state index is -0.475. The molecule has 0 spiro atoms. The molecular formula is C19H22N2O3. The third-order valence-corrected chi connectivity index (χ3v) is 4.36. The zero-order valence-corrected chi connectivity index (χ0v) is 13.8. The van der Waals surface area contributed by atoms with Crippen molar-refractivity contribution in [2.75, 3.05) is 19.7 Å². The lowest BCUT2D eigenvalue weighted by atomic mass is 10.0. The molecule has 1 saturated heterocycles. The molecule has 0 aliphatic carbocycles. The zero-order valence-electron chi connectivity index (χ0n) is 13.8. The highest BCUT2D eigenvalue weighted by molar-refractivity contribution is 5.88. The quantitative estimate of drug-likeness (QED) is 0.855. The Morgan fingerprint density at radius 1 is 1.25 bits per heavy atom. The van der Waals surface area contributed by atoms with Crippen LogP contribution in [0.4, 0.5) is 0 Å². The minimum absolute atomic E-state index is 0.0877. The summed E-state index contributed by atoms with van der Waals surface area (Å²) in [6.07, 6.45) is 0.0877. The molecule has 2 aromatic carbocycles. The summed E-state index contributed by atoms with van der Waals surface area (Å²) in [5, 5.41) is 5.20. The van der Waals surface area contributed by atoms with Crippen LogP contribution in [0, 0.1) is 0 Å². The van der Waals surface area contributed by atoms with Crippen LogP contribution in [0.1, 0.15) is 18.9 Å². The van der Waals surface area contributed by atoms with Gasteiger partial charge in [-0.1, -0.05) is 42.5 Å². The predicted molar refractivity (Wildman–Crippen MR) is 92.4 cm³/mol. The molecule has 0 bridgehead atoms. The van der Waals surface area contributed by atoms with Gasteiger partial charge in [0.05, 0.1) is 13.0 Å². The van der Waals surface area contributed by atoms with E-state index in [4.69, 9.17) is 4.74 Å². The van der Waals surface area contributed by atoms with Crippen molar-refractivity contribution < 1.29 is 14.3 Å². The summed E-state index contributed by atoms with van der Waals surface area (Å²) in [4.78, 5) is 26.1. The van der Waals surface area contributed by atoms with Crippen LogP contribution in [-0.2, 0) is 20.9 Å². The molecule has 1 aliphatic rings. The fraction of sp³-hybridized carbons (Fsp3) is 0.368. The molecule has 5 heteroatoms. The first-order chi connectivity index (χ1) is 11.7. The Morgan fingerprint density at radius 3 is 2.88 bits per heavy atom. The van der Waals surface area contributed by atoms with Gasteiger partial charge in [0.1, 0.15) is 6.04 Å². The number of carbonyl (C=O) groups excluding carboxylic acids is 2. The molecule has 0 unspecified atom stereocenters. The van der Waals surface area contributed by atoms with E-state index >= 15 is 0 Å². The van der Waals surface area contributed by atoms with Gasteiger partial charge in [-0.3, -0.25) is 14.5 Å². The van der Waals surface area contributed by atoms with Gasteiger partial charge in [0.25, 0.3) is 0 Å². The monoisotopic (exact) mass is 326 g/mol. The number of carbonyl (C=O) groups is 2. The standard InChI is InChI=1S/C19H22N2O3/c1-2-24-18(22)12-17-19(23)20-10-11-21(17)13-15-8-5-7-14-6-3-4-9-16(14)15/h3-9,17H,2,10-13H2,1H3,(H,20,23)/t17-/m1/s1. The largest absolute Gasteiger partial charge is 0.466 e. The number of benzene rings is 2. The smallest absolute Gasteiger partial charge is 0.307 e. The van der Waals surface area contributed by atoms with Gasteiger partial charge in [-0.2, -0.15) is 0 Å². The van der Waals surface area contributed by atoms with Gasteiger partial charge in [0.15, 0.2) is 0 Å². The third-order valence-electron chi connectivity index (χ3n) is 4.36. The summed E-state index contributed by atoms with van der Waals surface area (Å²) in [6, 6.07) is 13.9. The topological polar surface area (TPSA) is 58.6 Å². The molecule has 2 aromatic rings. The van der Waals surface area contributed by atoms with Crippen LogP contribution < -0.4 is 5.32 Å². The molecule has 1 aliphatic heterocycles. The van der Waals surface area contributed by atoms with E-state index in [1.165, 1.54) is 10.8 Å².